The number of hydrogen-bond acceptors (Lipinski definition) is 6. The Morgan fingerprint density at radius 1 is 1.09 bits per heavy atom. The lowest BCUT2D eigenvalue weighted by Crippen LogP contribution is -2.38. The molecule has 0 spiro atoms. The molecule has 1 aromatic heterocycles. The molecule has 7 nitrogen and oxygen atoms in total. The number of ether oxygens (including phenoxy) is 1. The van der Waals surface area contributed by atoms with E-state index in [-0.39, 0.29) is 6.03 Å². The molecule has 0 aliphatic carbocycles. The number of carbonyl (C=O) groups is 1. The van der Waals surface area contributed by atoms with Crippen LogP contribution < -0.4 is 15.0 Å². The zero-order valence-electron chi connectivity index (χ0n) is 18.0. The van der Waals surface area contributed by atoms with E-state index in [1.165, 1.54) is 11.5 Å². The molecule has 2 aromatic carbocycles. The number of rotatable bonds is 6. The van der Waals surface area contributed by atoms with Gasteiger partial charge < -0.3 is 19.9 Å². The van der Waals surface area contributed by atoms with Crippen LogP contribution in [0.3, 0.4) is 0 Å². The maximum absolute atomic E-state index is 12.7. The van der Waals surface area contributed by atoms with Crippen molar-refractivity contribution in [3.05, 3.63) is 64.9 Å². The fourth-order valence-electron chi connectivity index (χ4n) is 3.55. The highest BCUT2D eigenvalue weighted by atomic mass is 35.5. The second-order valence-electron chi connectivity index (χ2n) is 7.51. The first-order valence-corrected chi connectivity index (χ1v) is 11.9. The van der Waals surface area contributed by atoms with Gasteiger partial charge in [0, 0.05) is 54.8 Å². The second-order valence-corrected chi connectivity index (χ2v) is 8.68. The summed E-state index contributed by atoms with van der Waals surface area (Å²) in [6, 6.07) is 15.1. The molecule has 1 N–H and O–H groups in total. The van der Waals surface area contributed by atoms with Crippen LogP contribution in [0.15, 0.2) is 48.5 Å². The van der Waals surface area contributed by atoms with Crippen molar-refractivity contribution >= 4 is 40.0 Å². The van der Waals surface area contributed by atoms with Crippen LogP contribution in [-0.4, -0.2) is 53.1 Å². The van der Waals surface area contributed by atoms with Crippen LogP contribution in [0.2, 0.25) is 5.02 Å². The highest BCUT2D eigenvalue weighted by Gasteiger charge is 2.21. The van der Waals surface area contributed by atoms with Gasteiger partial charge in [0.1, 0.15) is 11.6 Å². The van der Waals surface area contributed by atoms with E-state index >= 15 is 0 Å². The van der Waals surface area contributed by atoms with E-state index in [4.69, 9.17) is 21.3 Å². The number of benzene rings is 2. The predicted molar refractivity (Wildman–Crippen MR) is 129 cm³/mol. The number of aromatic nitrogens is 2. The Morgan fingerprint density at radius 2 is 1.88 bits per heavy atom. The first-order valence-electron chi connectivity index (χ1n) is 10.7. The van der Waals surface area contributed by atoms with Gasteiger partial charge in [-0.15, -0.1) is 0 Å². The molecule has 4 rings (SSSR count). The Hall–Kier alpha value is -2.84. The van der Waals surface area contributed by atoms with Gasteiger partial charge in [0.25, 0.3) is 0 Å². The number of carbonyl (C=O) groups excluding carboxylic acids is 1. The monoisotopic (exact) mass is 471 g/mol. The number of urea groups is 1. The average molecular weight is 472 g/mol. The lowest BCUT2D eigenvalue weighted by molar-refractivity contribution is 0.215. The van der Waals surface area contributed by atoms with Crippen LogP contribution in [0.25, 0.3) is 0 Å². The Balaban J connectivity index is 1.31. The summed E-state index contributed by atoms with van der Waals surface area (Å²) in [5.74, 6) is 1.60. The van der Waals surface area contributed by atoms with E-state index in [9.17, 15) is 4.79 Å². The first-order chi connectivity index (χ1) is 15.6. The molecule has 0 unspecified atom stereocenters. The fourth-order valence-corrected chi connectivity index (χ4v) is 4.41. The Morgan fingerprint density at radius 3 is 2.62 bits per heavy atom. The van der Waals surface area contributed by atoms with Crippen LogP contribution in [0.4, 0.5) is 15.6 Å². The van der Waals surface area contributed by atoms with E-state index in [0.29, 0.717) is 26.1 Å². The van der Waals surface area contributed by atoms with E-state index in [1.807, 2.05) is 60.4 Å². The Kier molecular flexibility index (Phi) is 7.44. The molecule has 0 radical (unpaired) electrons. The molecular formula is C23H26ClN5O2S. The molecule has 2 heterocycles. The topological polar surface area (TPSA) is 70.6 Å². The summed E-state index contributed by atoms with van der Waals surface area (Å²) in [7, 11) is 0. The van der Waals surface area contributed by atoms with Gasteiger partial charge in [-0.05, 0) is 55.3 Å². The quantitative estimate of drug-likeness (QED) is 0.552. The van der Waals surface area contributed by atoms with Crippen molar-refractivity contribution in [2.45, 2.75) is 19.8 Å². The van der Waals surface area contributed by atoms with Crippen LogP contribution in [-0.2, 0) is 6.42 Å². The molecule has 168 valence electrons. The maximum Gasteiger partial charge on any atom is 0.321 e. The van der Waals surface area contributed by atoms with Crippen molar-refractivity contribution in [1.29, 1.82) is 0 Å². The Bertz CT molecular complexity index is 1030. The molecule has 1 aliphatic rings. The number of hydrogen-bond donors (Lipinski definition) is 1. The first kappa shape index (κ1) is 22.4. The van der Waals surface area contributed by atoms with Crippen molar-refractivity contribution < 1.29 is 9.53 Å². The molecule has 0 saturated carbocycles. The molecule has 0 bridgehead atoms. The van der Waals surface area contributed by atoms with Crippen LogP contribution >= 0.6 is 23.1 Å². The van der Waals surface area contributed by atoms with Crippen molar-refractivity contribution in [2.75, 3.05) is 43.0 Å². The third kappa shape index (κ3) is 5.89. The van der Waals surface area contributed by atoms with Gasteiger partial charge >= 0.3 is 6.03 Å². The van der Waals surface area contributed by atoms with E-state index in [1.54, 1.807) is 0 Å². The third-order valence-corrected chi connectivity index (χ3v) is 6.27. The molecule has 0 atom stereocenters. The highest BCUT2D eigenvalue weighted by Crippen LogP contribution is 2.22. The van der Waals surface area contributed by atoms with E-state index in [2.05, 4.69) is 14.6 Å². The molecule has 3 aromatic rings. The number of nitrogens with zero attached hydrogens (tertiary/aromatic N) is 4. The summed E-state index contributed by atoms with van der Waals surface area (Å²) in [4.78, 5) is 21.5. The fraction of sp³-hybridized carbons (Fsp3) is 0.348. The summed E-state index contributed by atoms with van der Waals surface area (Å²) in [6.45, 7) is 5.48. The lowest BCUT2D eigenvalue weighted by atomic mass is 10.1. The van der Waals surface area contributed by atoms with Gasteiger partial charge in [-0.25, -0.2) is 9.78 Å². The van der Waals surface area contributed by atoms with Crippen LogP contribution in [0, 0.1) is 0 Å². The number of halogens is 1. The molecule has 9 heteroatoms. The standard InChI is InChI=1S/C23H26ClN5O2S/c1-2-31-20-10-8-19(9-11-20)25-22(30)28-12-3-13-29(15-14-28)23-26-21(27-32-23)16-17-4-6-18(24)7-5-17/h4-11H,2-3,12-16H2,1H3,(H,25,30). The third-order valence-electron chi connectivity index (χ3n) is 5.20. The minimum atomic E-state index is -0.0864. The molecule has 2 amide bonds. The van der Waals surface area contributed by atoms with Crippen LogP contribution in [0.5, 0.6) is 5.75 Å². The largest absolute Gasteiger partial charge is 0.494 e. The summed E-state index contributed by atoms with van der Waals surface area (Å²) in [5.41, 5.74) is 1.89. The number of anilines is 2. The minimum absolute atomic E-state index is 0.0864. The molecule has 1 aliphatic heterocycles. The number of amides is 2. The SMILES string of the molecule is CCOc1ccc(NC(=O)N2CCCN(c3nc(Cc4ccc(Cl)cc4)ns3)CC2)cc1. The lowest BCUT2D eigenvalue weighted by Gasteiger charge is -2.22. The van der Waals surface area contributed by atoms with Gasteiger partial charge in [0.2, 0.25) is 5.13 Å². The van der Waals surface area contributed by atoms with E-state index in [0.717, 1.165) is 52.5 Å². The molecule has 32 heavy (non-hydrogen) atoms. The Labute approximate surface area is 197 Å². The zero-order chi connectivity index (χ0) is 22.3. The number of nitrogens with one attached hydrogen (secondary N) is 1. The van der Waals surface area contributed by atoms with Crippen molar-refractivity contribution in [1.82, 2.24) is 14.3 Å². The predicted octanol–water partition coefficient (Wildman–Crippen LogP) is 4.93. The van der Waals surface area contributed by atoms with Gasteiger partial charge in [-0.1, -0.05) is 23.7 Å². The zero-order valence-corrected chi connectivity index (χ0v) is 19.5. The van der Waals surface area contributed by atoms with Gasteiger partial charge in [-0.3, -0.25) is 0 Å². The van der Waals surface area contributed by atoms with Crippen LogP contribution in [0.1, 0.15) is 24.7 Å². The summed E-state index contributed by atoms with van der Waals surface area (Å²) in [6.07, 6.45) is 1.56. The smallest absolute Gasteiger partial charge is 0.321 e. The normalized spacial score (nSPS) is 14.2. The average Bonchev–Trinajstić information content (AvgIpc) is 3.11. The summed E-state index contributed by atoms with van der Waals surface area (Å²) < 4.78 is 9.97. The van der Waals surface area contributed by atoms with Gasteiger partial charge in [0.05, 0.1) is 6.61 Å². The van der Waals surface area contributed by atoms with Crippen molar-refractivity contribution in [2.24, 2.45) is 0 Å². The van der Waals surface area contributed by atoms with E-state index < -0.39 is 0 Å². The van der Waals surface area contributed by atoms with Crippen molar-refractivity contribution in [3.63, 3.8) is 0 Å². The maximum atomic E-state index is 12.7. The van der Waals surface area contributed by atoms with Gasteiger partial charge in [-0.2, -0.15) is 4.37 Å². The molecular weight excluding hydrogens is 446 g/mol. The molecule has 1 saturated heterocycles. The minimum Gasteiger partial charge on any atom is -0.494 e. The summed E-state index contributed by atoms with van der Waals surface area (Å²) in [5, 5.41) is 4.61. The molecule has 1 fully saturated rings. The van der Waals surface area contributed by atoms with Crippen molar-refractivity contribution in [3.8, 4) is 5.75 Å². The van der Waals surface area contributed by atoms with Gasteiger partial charge in [0.15, 0.2) is 0 Å². The summed E-state index contributed by atoms with van der Waals surface area (Å²) >= 11 is 7.37. The highest BCUT2D eigenvalue weighted by molar-refractivity contribution is 7.09. The second kappa shape index (κ2) is 10.7.